The number of pyridine rings is 1. The van der Waals surface area contributed by atoms with Gasteiger partial charge in [0.2, 0.25) is 0 Å². The minimum atomic E-state index is -0.942. The first kappa shape index (κ1) is 17.7. The van der Waals surface area contributed by atoms with Gasteiger partial charge in [0.05, 0.1) is 12.1 Å². The maximum atomic E-state index is 12.9. The summed E-state index contributed by atoms with van der Waals surface area (Å²) < 4.78 is 7.06. The lowest BCUT2D eigenvalue weighted by molar-refractivity contribution is -0.137. The van der Waals surface area contributed by atoms with Gasteiger partial charge in [-0.3, -0.25) is 9.59 Å². The number of carbonyl (C=O) groups is 1. The zero-order valence-corrected chi connectivity index (χ0v) is 14.9. The van der Waals surface area contributed by atoms with Crippen molar-refractivity contribution in [3.63, 3.8) is 0 Å². The number of aliphatic carboxylic acids is 1. The van der Waals surface area contributed by atoms with Crippen LogP contribution in [0, 0.1) is 6.92 Å². The van der Waals surface area contributed by atoms with Gasteiger partial charge >= 0.3 is 5.97 Å². The molecule has 1 N–H and O–H groups in total. The highest BCUT2D eigenvalue weighted by Crippen LogP contribution is 2.18. The topological polar surface area (TPSA) is 68.5 Å². The third-order valence-corrected chi connectivity index (χ3v) is 4.24. The van der Waals surface area contributed by atoms with Gasteiger partial charge < -0.3 is 14.4 Å². The van der Waals surface area contributed by atoms with Crippen molar-refractivity contribution >= 4 is 16.9 Å². The van der Waals surface area contributed by atoms with Gasteiger partial charge in [0, 0.05) is 23.6 Å². The van der Waals surface area contributed by atoms with Crippen LogP contribution >= 0.6 is 0 Å². The summed E-state index contributed by atoms with van der Waals surface area (Å²) in [7, 11) is 0. The second-order valence-electron chi connectivity index (χ2n) is 6.28. The molecule has 1 aromatic heterocycles. The van der Waals surface area contributed by atoms with Crippen LogP contribution in [0.3, 0.4) is 0 Å². The number of hydrogen-bond acceptors (Lipinski definition) is 3. The van der Waals surface area contributed by atoms with E-state index in [2.05, 4.69) is 0 Å². The highest BCUT2D eigenvalue weighted by atomic mass is 16.5. The molecule has 0 amide bonds. The van der Waals surface area contributed by atoms with Gasteiger partial charge in [-0.25, -0.2) is 0 Å². The number of benzene rings is 2. The molecule has 1 heterocycles. The van der Waals surface area contributed by atoms with E-state index in [0.717, 1.165) is 16.9 Å². The quantitative estimate of drug-likeness (QED) is 0.739. The van der Waals surface area contributed by atoms with Crippen molar-refractivity contribution < 1.29 is 14.6 Å². The number of aryl methyl sites for hydroxylation is 1. The number of nitrogens with zero attached hydrogens (tertiary/aromatic N) is 1. The fourth-order valence-electron chi connectivity index (χ4n) is 3.06. The van der Waals surface area contributed by atoms with Crippen LogP contribution < -0.4 is 10.2 Å². The number of fused-ring (bicyclic) bond motifs is 1. The molecule has 0 atom stereocenters. The van der Waals surface area contributed by atoms with Crippen LogP contribution in [0.5, 0.6) is 5.75 Å². The Balaban J connectivity index is 2.05. The summed E-state index contributed by atoms with van der Waals surface area (Å²) in [5.41, 5.74) is 3.10. The lowest BCUT2D eigenvalue weighted by Gasteiger charge is -2.12. The maximum absolute atomic E-state index is 12.9. The molecule has 3 aromatic rings. The molecule has 0 saturated heterocycles. The normalized spacial score (nSPS) is 10.8. The summed E-state index contributed by atoms with van der Waals surface area (Å²) in [5, 5.41) is 9.75. The van der Waals surface area contributed by atoms with Crippen molar-refractivity contribution in [1.82, 2.24) is 4.57 Å². The Morgan fingerprint density at radius 2 is 1.88 bits per heavy atom. The standard InChI is InChI=1S/C21H21NO4/c1-3-26-17-7-5-15(6-8-17)11-16-12-22(13-20(23)24)19-9-4-14(2)10-18(19)21(16)25/h4-10,12H,3,11,13H2,1-2H3,(H,23,24). The molecule has 0 saturated carbocycles. The van der Waals surface area contributed by atoms with Crippen LogP contribution in [0.25, 0.3) is 10.9 Å². The summed E-state index contributed by atoms with van der Waals surface area (Å²) in [6.45, 7) is 4.26. The summed E-state index contributed by atoms with van der Waals surface area (Å²) in [4.78, 5) is 24.1. The smallest absolute Gasteiger partial charge is 0.323 e. The Morgan fingerprint density at radius 1 is 1.15 bits per heavy atom. The van der Waals surface area contributed by atoms with Crippen molar-refractivity contribution in [2.75, 3.05) is 6.61 Å². The first-order valence-electron chi connectivity index (χ1n) is 8.54. The molecule has 134 valence electrons. The van der Waals surface area contributed by atoms with Gasteiger partial charge in [0.15, 0.2) is 5.43 Å². The molecule has 0 bridgehead atoms. The maximum Gasteiger partial charge on any atom is 0.323 e. The van der Waals surface area contributed by atoms with Crippen molar-refractivity contribution in [1.29, 1.82) is 0 Å². The monoisotopic (exact) mass is 351 g/mol. The molecule has 0 aliphatic rings. The average molecular weight is 351 g/mol. The molecular formula is C21H21NO4. The van der Waals surface area contributed by atoms with E-state index < -0.39 is 5.97 Å². The second-order valence-corrected chi connectivity index (χ2v) is 6.28. The predicted molar refractivity (Wildman–Crippen MR) is 101 cm³/mol. The van der Waals surface area contributed by atoms with Crippen LogP contribution in [-0.4, -0.2) is 22.2 Å². The third kappa shape index (κ3) is 3.77. The molecule has 0 aliphatic heterocycles. The van der Waals surface area contributed by atoms with Crippen molar-refractivity contribution in [3.8, 4) is 5.75 Å². The number of aromatic nitrogens is 1. The molecular weight excluding hydrogens is 330 g/mol. The summed E-state index contributed by atoms with van der Waals surface area (Å²) in [6.07, 6.45) is 2.10. The van der Waals surface area contributed by atoms with Crippen molar-refractivity contribution in [2.45, 2.75) is 26.8 Å². The summed E-state index contributed by atoms with van der Waals surface area (Å²) in [6, 6.07) is 13.1. The Morgan fingerprint density at radius 3 is 2.54 bits per heavy atom. The minimum Gasteiger partial charge on any atom is -0.494 e. The van der Waals surface area contributed by atoms with E-state index in [9.17, 15) is 14.7 Å². The van der Waals surface area contributed by atoms with E-state index in [0.29, 0.717) is 29.5 Å². The largest absolute Gasteiger partial charge is 0.494 e. The summed E-state index contributed by atoms with van der Waals surface area (Å²) >= 11 is 0. The summed E-state index contributed by atoms with van der Waals surface area (Å²) in [5.74, 6) is -0.156. The minimum absolute atomic E-state index is 0.0563. The molecule has 5 nitrogen and oxygen atoms in total. The average Bonchev–Trinajstić information content (AvgIpc) is 2.60. The SMILES string of the molecule is CCOc1ccc(Cc2cn(CC(=O)O)c3ccc(C)cc3c2=O)cc1. The predicted octanol–water partition coefficient (Wildman–Crippen LogP) is 3.38. The zero-order valence-electron chi connectivity index (χ0n) is 14.9. The Labute approximate surface area is 151 Å². The molecule has 2 aromatic carbocycles. The fraction of sp³-hybridized carbons (Fsp3) is 0.238. The van der Waals surface area contributed by atoms with Crippen molar-refractivity contribution in [2.24, 2.45) is 0 Å². The Kier molecular flexibility index (Phi) is 5.07. The van der Waals surface area contributed by atoms with Gasteiger partial charge in [-0.1, -0.05) is 23.8 Å². The highest BCUT2D eigenvalue weighted by Gasteiger charge is 2.12. The van der Waals surface area contributed by atoms with Crippen molar-refractivity contribution in [3.05, 3.63) is 75.6 Å². The van der Waals surface area contributed by atoms with Crippen LogP contribution in [0.4, 0.5) is 0 Å². The van der Waals surface area contributed by atoms with Crippen LogP contribution in [0.1, 0.15) is 23.6 Å². The second kappa shape index (κ2) is 7.44. The van der Waals surface area contributed by atoms with E-state index >= 15 is 0 Å². The molecule has 26 heavy (non-hydrogen) atoms. The molecule has 0 radical (unpaired) electrons. The Bertz CT molecular complexity index is 1000. The number of carboxylic acid groups (broad SMARTS) is 1. The lowest BCUT2D eigenvalue weighted by Crippen LogP contribution is -2.18. The number of carboxylic acids is 1. The fourth-order valence-corrected chi connectivity index (χ4v) is 3.06. The van der Waals surface area contributed by atoms with E-state index in [1.54, 1.807) is 16.8 Å². The van der Waals surface area contributed by atoms with E-state index in [1.165, 1.54) is 0 Å². The highest BCUT2D eigenvalue weighted by molar-refractivity contribution is 5.82. The first-order valence-corrected chi connectivity index (χ1v) is 8.54. The number of hydrogen-bond donors (Lipinski definition) is 1. The molecule has 0 aliphatic carbocycles. The molecule has 0 spiro atoms. The van der Waals surface area contributed by atoms with E-state index in [-0.39, 0.29) is 12.0 Å². The van der Waals surface area contributed by atoms with Gasteiger partial charge in [-0.2, -0.15) is 0 Å². The zero-order chi connectivity index (χ0) is 18.7. The van der Waals surface area contributed by atoms with E-state index in [1.807, 2.05) is 50.2 Å². The Hall–Kier alpha value is -3.08. The van der Waals surface area contributed by atoms with E-state index in [4.69, 9.17) is 4.74 Å². The van der Waals surface area contributed by atoms with Gasteiger partial charge in [-0.15, -0.1) is 0 Å². The molecule has 3 rings (SSSR count). The molecule has 0 fully saturated rings. The van der Waals surface area contributed by atoms with Crippen LogP contribution in [0.15, 0.2) is 53.5 Å². The third-order valence-electron chi connectivity index (χ3n) is 4.24. The van der Waals surface area contributed by atoms with Gasteiger partial charge in [0.1, 0.15) is 12.3 Å². The van der Waals surface area contributed by atoms with Gasteiger partial charge in [0.25, 0.3) is 0 Å². The lowest BCUT2D eigenvalue weighted by atomic mass is 10.0. The first-order chi connectivity index (χ1) is 12.5. The van der Waals surface area contributed by atoms with Crippen LogP contribution in [-0.2, 0) is 17.8 Å². The van der Waals surface area contributed by atoms with Crippen LogP contribution in [0.2, 0.25) is 0 Å². The number of ether oxygens (including phenoxy) is 1. The van der Waals surface area contributed by atoms with Gasteiger partial charge in [-0.05, 0) is 43.7 Å². The molecule has 0 unspecified atom stereocenters. The number of rotatable bonds is 6. The molecule has 5 heteroatoms.